The van der Waals surface area contributed by atoms with Crippen LogP contribution in [-0.2, 0) is 0 Å². The van der Waals surface area contributed by atoms with E-state index in [4.69, 9.17) is 5.73 Å². The van der Waals surface area contributed by atoms with Crippen LogP contribution in [0.3, 0.4) is 0 Å². The second kappa shape index (κ2) is 10.6. The van der Waals surface area contributed by atoms with E-state index in [9.17, 15) is 5.02 Å². The van der Waals surface area contributed by atoms with Crippen molar-refractivity contribution in [3.05, 3.63) is 37.2 Å². The smallest absolute Gasteiger partial charge is 0.373 e. The van der Waals surface area contributed by atoms with Gasteiger partial charge in [-0.3, -0.25) is 0 Å². The Balaban J connectivity index is 0.000000147. The van der Waals surface area contributed by atoms with E-state index in [0.29, 0.717) is 12.1 Å². The van der Waals surface area contributed by atoms with Crippen LogP contribution >= 0.6 is 0 Å². The molecule has 0 amide bonds. The van der Waals surface area contributed by atoms with E-state index in [-0.39, 0.29) is 0 Å². The van der Waals surface area contributed by atoms with E-state index in [0.717, 1.165) is 85.6 Å². The Hall–Kier alpha value is -3.22. The molecule has 6 rings (SSSR count). The van der Waals surface area contributed by atoms with Gasteiger partial charge in [-0.05, 0) is 44.6 Å². The van der Waals surface area contributed by atoms with Gasteiger partial charge in [0.1, 0.15) is 35.6 Å². The highest BCUT2D eigenvalue weighted by atomic mass is 16.2. The van der Waals surface area contributed by atoms with Gasteiger partial charge in [-0.1, -0.05) is 0 Å². The number of H-pyrrole nitrogens is 2. The summed E-state index contributed by atoms with van der Waals surface area (Å²) in [6.45, 7) is 5.63. The van der Waals surface area contributed by atoms with Gasteiger partial charge < -0.3 is 35.8 Å². The molecule has 0 atom stereocenters. The summed E-state index contributed by atoms with van der Waals surface area (Å²) in [5.41, 5.74) is 7.69. The monoisotopic (exact) mass is 476 g/mol. The maximum absolute atomic E-state index is 9.35. The van der Waals surface area contributed by atoms with Crippen molar-refractivity contribution < 1.29 is 5.02 Å². The molecule has 0 unspecified atom stereocenters. The molecule has 11 nitrogen and oxygen atoms in total. The summed E-state index contributed by atoms with van der Waals surface area (Å²) < 4.78 is 0. The number of hydrogen-bond donors (Lipinski definition) is 5. The fourth-order valence-corrected chi connectivity index (χ4v) is 4.93. The average molecular weight is 476 g/mol. The molecule has 6 N–H and O–H groups in total. The lowest BCUT2D eigenvalue weighted by Crippen LogP contribution is -2.47. The van der Waals surface area contributed by atoms with Gasteiger partial charge in [0.2, 0.25) is 0 Å². The number of aromatic nitrogens is 6. The second-order valence-corrected chi connectivity index (χ2v) is 9.30. The molecular formula is C23H33BN10O. The number of nitrogens with one attached hydrogen (secondary N) is 3. The fourth-order valence-electron chi connectivity index (χ4n) is 4.93. The molecule has 2 saturated heterocycles. The summed E-state index contributed by atoms with van der Waals surface area (Å²) in [5.74, 6) is 2.03. The molecule has 0 aliphatic carbocycles. The lowest BCUT2D eigenvalue weighted by molar-refractivity contribution is 0.440. The van der Waals surface area contributed by atoms with E-state index in [1.165, 1.54) is 0 Å². The summed E-state index contributed by atoms with van der Waals surface area (Å²) >= 11 is 0. The Morgan fingerprint density at radius 1 is 0.857 bits per heavy atom. The first kappa shape index (κ1) is 23.5. The SMILES string of the molecule is CB(O)NC1CCN(c2ncnc3[nH]ccc23)CC1.NC1CCN(c2ncnc3[nH]ccc23)CC1. The highest BCUT2D eigenvalue weighted by Crippen LogP contribution is 2.25. The quantitative estimate of drug-likeness (QED) is 0.277. The van der Waals surface area contributed by atoms with Crippen molar-refractivity contribution in [3.8, 4) is 0 Å². The Morgan fingerprint density at radius 2 is 1.34 bits per heavy atom. The second-order valence-electron chi connectivity index (χ2n) is 9.30. The van der Waals surface area contributed by atoms with Crippen LogP contribution in [0, 0.1) is 0 Å². The van der Waals surface area contributed by atoms with Crippen molar-refractivity contribution in [3.63, 3.8) is 0 Å². The average Bonchev–Trinajstić information content (AvgIpc) is 3.55. The molecule has 184 valence electrons. The van der Waals surface area contributed by atoms with Crippen LogP contribution in [0.25, 0.3) is 22.1 Å². The Bertz CT molecular complexity index is 1230. The van der Waals surface area contributed by atoms with Gasteiger partial charge in [0.15, 0.2) is 0 Å². The normalized spacial score (nSPS) is 17.6. The van der Waals surface area contributed by atoms with Crippen molar-refractivity contribution in [2.75, 3.05) is 36.0 Å². The minimum atomic E-state index is -0.438. The molecule has 2 aliphatic heterocycles. The first-order chi connectivity index (χ1) is 17.1. The highest BCUT2D eigenvalue weighted by molar-refractivity contribution is 6.45. The summed E-state index contributed by atoms with van der Waals surface area (Å²) in [4.78, 5) is 28.0. The topological polar surface area (TPSA) is 148 Å². The highest BCUT2D eigenvalue weighted by Gasteiger charge is 2.23. The molecule has 0 radical (unpaired) electrons. The van der Waals surface area contributed by atoms with Crippen molar-refractivity contribution >= 4 is 40.8 Å². The Kier molecular flexibility index (Phi) is 7.12. The van der Waals surface area contributed by atoms with Crippen molar-refractivity contribution in [2.45, 2.75) is 44.6 Å². The van der Waals surface area contributed by atoms with E-state index in [1.54, 1.807) is 19.5 Å². The number of aromatic amines is 2. The third-order valence-electron chi connectivity index (χ3n) is 6.78. The maximum atomic E-state index is 9.35. The fraction of sp³-hybridized carbons (Fsp3) is 0.478. The van der Waals surface area contributed by atoms with Gasteiger partial charge in [-0.2, -0.15) is 0 Å². The lowest BCUT2D eigenvalue weighted by atomic mass is 9.85. The van der Waals surface area contributed by atoms with Gasteiger partial charge >= 0.3 is 7.05 Å². The van der Waals surface area contributed by atoms with Crippen LogP contribution in [0.2, 0.25) is 6.82 Å². The molecule has 4 aromatic heterocycles. The summed E-state index contributed by atoms with van der Waals surface area (Å²) in [6, 6.07) is 4.78. The zero-order valence-corrected chi connectivity index (χ0v) is 20.1. The standard InChI is InChI=1S/C12H18BN5O.C11H15N5/c1-13(19)17-9-3-6-18(7-4-9)12-10-2-5-14-11(10)15-8-16-12;12-8-2-5-16(6-3-8)11-9-1-4-13-10(9)14-7-15-11/h2,5,8-9,17,19H,3-4,6-7H2,1H3,(H,14,15,16);1,4,7-8H,2-3,5-6,12H2,(H,13,14,15). The molecule has 0 aromatic carbocycles. The molecular weight excluding hydrogens is 443 g/mol. The third-order valence-corrected chi connectivity index (χ3v) is 6.78. The molecule has 12 heteroatoms. The molecule has 0 spiro atoms. The molecule has 6 heterocycles. The molecule has 0 bridgehead atoms. The first-order valence-electron chi connectivity index (χ1n) is 12.3. The predicted octanol–water partition coefficient (Wildman–Crippen LogP) is 1.51. The lowest BCUT2D eigenvalue weighted by Gasteiger charge is -2.33. The van der Waals surface area contributed by atoms with Crippen LogP contribution in [0.1, 0.15) is 25.7 Å². The van der Waals surface area contributed by atoms with Crippen molar-refractivity contribution in [1.29, 1.82) is 0 Å². The summed E-state index contributed by atoms with van der Waals surface area (Å²) in [6.07, 6.45) is 11.1. The number of hydrogen-bond acceptors (Lipinski definition) is 9. The van der Waals surface area contributed by atoms with E-state index in [1.807, 2.05) is 24.5 Å². The summed E-state index contributed by atoms with van der Waals surface area (Å²) in [7, 11) is -0.438. The van der Waals surface area contributed by atoms with E-state index >= 15 is 0 Å². The number of anilines is 2. The minimum absolute atomic E-state index is 0.347. The van der Waals surface area contributed by atoms with Crippen molar-refractivity contribution in [1.82, 2.24) is 35.1 Å². The number of piperidine rings is 2. The Labute approximate surface area is 204 Å². The van der Waals surface area contributed by atoms with Crippen LogP contribution in [0.5, 0.6) is 0 Å². The number of fused-ring (bicyclic) bond motifs is 2. The van der Waals surface area contributed by atoms with E-state index < -0.39 is 7.05 Å². The van der Waals surface area contributed by atoms with Crippen LogP contribution in [-0.4, -0.2) is 80.2 Å². The van der Waals surface area contributed by atoms with Gasteiger partial charge in [0.05, 0.1) is 10.8 Å². The molecule has 0 saturated carbocycles. The maximum Gasteiger partial charge on any atom is 0.373 e. The van der Waals surface area contributed by atoms with Crippen molar-refractivity contribution in [2.24, 2.45) is 5.73 Å². The summed E-state index contributed by atoms with van der Waals surface area (Å²) in [5, 5.41) is 14.7. The first-order valence-corrected chi connectivity index (χ1v) is 12.3. The minimum Gasteiger partial charge on any atom is -0.437 e. The van der Waals surface area contributed by atoms with Gasteiger partial charge in [0, 0.05) is 50.7 Å². The number of rotatable bonds is 4. The van der Waals surface area contributed by atoms with Gasteiger partial charge in [0.25, 0.3) is 0 Å². The van der Waals surface area contributed by atoms with Gasteiger partial charge in [-0.15, -0.1) is 0 Å². The number of nitrogens with two attached hydrogens (primary N) is 1. The van der Waals surface area contributed by atoms with E-state index in [2.05, 4.69) is 44.9 Å². The van der Waals surface area contributed by atoms with Crippen LogP contribution < -0.4 is 20.8 Å². The zero-order valence-electron chi connectivity index (χ0n) is 20.1. The predicted molar refractivity (Wildman–Crippen MR) is 139 cm³/mol. The third kappa shape index (κ3) is 5.39. The largest absolute Gasteiger partial charge is 0.437 e. The van der Waals surface area contributed by atoms with Gasteiger partial charge in [-0.25, -0.2) is 19.9 Å². The molecule has 2 aliphatic rings. The molecule has 35 heavy (non-hydrogen) atoms. The van der Waals surface area contributed by atoms with Crippen LogP contribution in [0.4, 0.5) is 11.6 Å². The van der Waals surface area contributed by atoms with Crippen LogP contribution in [0.15, 0.2) is 37.2 Å². The number of nitrogens with zero attached hydrogens (tertiary/aromatic N) is 6. The zero-order chi connectivity index (χ0) is 24.2. The molecule has 2 fully saturated rings. The molecule has 4 aromatic rings. The Morgan fingerprint density at radius 3 is 1.83 bits per heavy atom.